The molecule has 2 N–H and O–H groups in total. The van der Waals surface area contributed by atoms with Gasteiger partial charge >= 0.3 is 0 Å². The number of rotatable bonds is 7. The van der Waals surface area contributed by atoms with E-state index in [0.717, 1.165) is 30.0 Å². The fourth-order valence-corrected chi connectivity index (χ4v) is 2.42. The molecule has 0 aliphatic carbocycles. The molecule has 1 atom stereocenters. The molecule has 1 unspecified atom stereocenters. The van der Waals surface area contributed by atoms with Gasteiger partial charge in [-0.25, -0.2) is 0 Å². The van der Waals surface area contributed by atoms with Crippen molar-refractivity contribution in [1.82, 2.24) is 4.90 Å². The summed E-state index contributed by atoms with van der Waals surface area (Å²) in [5.41, 5.74) is 8.01. The van der Waals surface area contributed by atoms with Crippen LogP contribution in [0.2, 0.25) is 0 Å². The third-order valence-corrected chi connectivity index (χ3v) is 3.91. The van der Waals surface area contributed by atoms with Gasteiger partial charge < -0.3 is 14.9 Å². The van der Waals surface area contributed by atoms with E-state index in [-0.39, 0.29) is 0 Å². The van der Waals surface area contributed by atoms with E-state index >= 15 is 0 Å². The van der Waals surface area contributed by atoms with Crippen LogP contribution >= 0.6 is 0 Å². The molecule has 0 radical (unpaired) electrons. The summed E-state index contributed by atoms with van der Waals surface area (Å²) in [5, 5.41) is 0. The van der Waals surface area contributed by atoms with Gasteiger partial charge in [0.15, 0.2) is 0 Å². The summed E-state index contributed by atoms with van der Waals surface area (Å²) in [5.74, 6) is 1.89. The van der Waals surface area contributed by atoms with Crippen LogP contribution in [0.5, 0.6) is 5.75 Å². The first-order valence-electron chi connectivity index (χ1n) is 7.23. The third-order valence-electron chi connectivity index (χ3n) is 3.91. The molecule has 0 spiro atoms. The molecule has 2 rings (SSSR count). The first-order chi connectivity index (χ1) is 10.2. The van der Waals surface area contributed by atoms with Gasteiger partial charge in [-0.3, -0.25) is 4.90 Å². The Morgan fingerprint density at radius 1 is 1.24 bits per heavy atom. The van der Waals surface area contributed by atoms with Gasteiger partial charge in [0.2, 0.25) is 0 Å². The van der Waals surface area contributed by atoms with Gasteiger partial charge in [-0.05, 0) is 38.1 Å². The van der Waals surface area contributed by atoms with Crippen LogP contribution in [0.15, 0.2) is 41.0 Å². The second-order valence-corrected chi connectivity index (χ2v) is 5.35. The smallest absolute Gasteiger partial charge is 0.122 e. The summed E-state index contributed by atoms with van der Waals surface area (Å²) in [7, 11) is 3.81. The van der Waals surface area contributed by atoms with Crippen molar-refractivity contribution < 1.29 is 9.15 Å². The number of hydrogen-bond acceptors (Lipinski definition) is 4. The summed E-state index contributed by atoms with van der Waals surface area (Å²) in [6, 6.07) is 10.5. The Labute approximate surface area is 126 Å². The molecule has 0 saturated carbocycles. The molecular weight excluding hydrogens is 264 g/mol. The maximum Gasteiger partial charge on any atom is 0.122 e. The van der Waals surface area contributed by atoms with Crippen molar-refractivity contribution in [3.05, 3.63) is 53.5 Å². The number of hydrogen-bond donors (Lipinski definition) is 1. The van der Waals surface area contributed by atoms with Crippen molar-refractivity contribution in [2.24, 2.45) is 5.73 Å². The minimum atomic E-state index is 0.372. The van der Waals surface area contributed by atoms with E-state index in [1.807, 2.05) is 24.3 Å². The van der Waals surface area contributed by atoms with E-state index in [0.29, 0.717) is 12.6 Å². The first-order valence-corrected chi connectivity index (χ1v) is 7.23. The Kier molecular flexibility index (Phi) is 5.42. The predicted octanol–water partition coefficient (Wildman–Crippen LogP) is 2.81. The van der Waals surface area contributed by atoms with Crippen molar-refractivity contribution in [2.45, 2.75) is 32.5 Å². The summed E-state index contributed by atoms with van der Waals surface area (Å²) in [4.78, 5) is 2.27. The van der Waals surface area contributed by atoms with Crippen LogP contribution in [0.3, 0.4) is 0 Å². The van der Waals surface area contributed by atoms with Crippen molar-refractivity contribution >= 4 is 0 Å². The van der Waals surface area contributed by atoms with Crippen molar-refractivity contribution in [2.75, 3.05) is 14.2 Å². The number of para-hydroxylation sites is 1. The lowest BCUT2D eigenvalue weighted by molar-refractivity contribution is 0.226. The first kappa shape index (κ1) is 15.6. The van der Waals surface area contributed by atoms with Gasteiger partial charge in [0, 0.05) is 18.2 Å². The second-order valence-electron chi connectivity index (χ2n) is 5.35. The van der Waals surface area contributed by atoms with Crippen molar-refractivity contribution in [3.63, 3.8) is 0 Å². The molecule has 21 heavy (non-hydrogen) atoms. The quantitative estimate of drug-likeness (QED) is 0.851. The zero-order valence-electron chi connectivity index (χ0n) is 13.0. The Hall–Kier alpha value is -1.78. The molecule has 4 heteroatoms. The van der Waals surface area contributed by atoms with E-state index in [2.05, 4.69) is 24.9 Å². The number of nitrogens with two attached hydrogens (primary N) is 1. The maximum absolute atomic E-state index is 5.71. The topological polar surface area (TPSA) is 51.6 Å². The molecule has 0 amide bonds. The molecule has 0 bridgehead atoms. The highest BCUT2D eigenvalue weighted by molar-refractivity contribution is 5.33. The Bertz CT molecular complexity index is 565. The molecule has 1 aromatic heterocycles. The van der Waals surface area contributed by atoms with Crippen LogP contribution in [0.25, 0.3) is 0 Å². The summed E-state index contributed by atoms with van der Waals surface area (Å²) in [6.45, 7) is 3.48. The summed E-state index contributed by atoms with van der Waals surface area (Å²) < 4.78 is 10.9. The molecule has 0 aliphatic heterocycles. The van der Waals surface area contributed by atoms with Gasteiger partial charge in [0.05, 0.1) is 19.9 Å². The lowest BCUT2D eigenvalue weighted by Gasteiger charge is -2.25. The molecule has 114 valence electrons. The van der Waals surface area contributed by atoms with Crippen LogP contribution < -0.4 is 10.5 Å². The highest BCUT2D eigenvalue weighted by atomic mass is 16.5. The van der Waals surface area contributed by atoms with Gasteiger partial charge in [-0.2, -0.15) is 0 Å². The number of methoxy groups -OCH3 is 1. The average Bonchev–Trinajstić information content (AvgIpc) is 2.94. The van der Waals surface area contributed by atoms with Crippen LogP contribution in [0.1, 0.15) is 23.8 Å². The van der Waals surface area contributed by atoms with Crippen molar-refractivity contribution in [1.29, 1.82) is 0 Å². The summed E-state index contributed by atoms with van der Waals surface area (Å²) in [6.07, 6.45) is 2.63. The Morgan fingerprint density at radius 2 is 2.00 bits per heavy atom. The average molecular weight is 288 g/mol. The monoisotopic (exact) mass is 288 g/mol. The van der Waals surface area contributed by atoms with E-state index in [1.54, 1.807) is 13.4 Å². The number of benzene rings is 1. The number of likely N-dealkylation sites (N-methyl/N-ethyl adjacent to an activating group) is 1. The zero-order valence-corrected chi connectivity index (χ0v) is 13.0. The number of ether oxygens (including phenoxy) is 1. The van der Waals surface area contributed by atoms with Crippen LogP contribution in [0.4, 0.5) is 0 Å². The van der Waals surface area contributed by atoms with E-state index < -0.39 is 0 Å². The highest BCUT2D eigenvalue weighted by Crippen LogP contribution is 2.21. The van der Waals surface area contributed by atoms with Gasteiger partial charge in [-0.15, -0.1) is 0 Å². The fraction of sp³-hybridized carbons (Fsp3) is 0.412. The maximum atomic E-state index is 5.71. The van der Waals surface area contributed by atoms with Gasteiger partial charge in [0.25, 0.3) is 0 Å². The minimum Gasteiger partial charge on any atom is -0.496 e. The van der Waals surface area contributed by atoms with Crippen molar-refractivity contribution in [3.8, 4) is 5.75 Å². The second kappa shape index (κ2) is 7.29. The number of furan rings is 1. The zero-order chi connectivity index (χ0) is 15.2. The van der Waals surface area contributed by atoms with E-state index in [9.17, 15) is 0 Å². The largest absolute Gasteiger partial charge is 0.496 e. The lowest BCUT2D eigenvalue weighted by atomic mass is 10.0. The normalized spacial score (nSPS) is 12.6. The predicted molar refractivity (Wildman–Crippen MR) is 84.2 cm³/mol. The Morgan fingerprint density at radius 3 is 2.71 bits per heavy atom. The molecule has 4 nitrogen and oxygen atoms in total. The van der Waals surface area contributed by atoms with E-state index in [1.165, 1.54) is 5.56 Å². The standard InChI is InChI=1S/C17H24N2O2/c1-13(10-14-6-4-5-7-16(14)20-3)19(2)12-17-15(11-18)8-9-21-17/h4-9,13H,10-12,18H2,1-3H3. The molecule has 1 heterocycles. The molecule has 2 aromatic rings. The molecule has 0 saturated heterocycles. The summed E-state index contributed by atoms with van der Waals surface area (Å²) >= 11 is 0. The minimum absolute atomic E-state index is 0.372. The van der Waals surface area contributed by atoms with E-state index in [4.69, 9.17) is 14.9 Å². The van der Waals surface area contributed by atoms with Gasteiger partial charge in [-0.1, -0.05) is 18.2 Å². The lowest BCUT2D eigenvalue weighted by Crippen LogP contribution is -2.30. The number of nitrogens with zero attached hydrogens (tertiary/aromatic N) is 1. The molecule has 0 fully saturated rings. The third kappa shape index (κ3) is 3.86. The van der Waals surface area contributed by atoms with Crippen LogP contribution in [-0.2, 0) is 19.5 Å². The van der Waals surface area contributed by atoms with Crippen LogP contribution in [0, 0.1) is 0 Å². The fourth-order valence-electron chi connectivity index (χ4n) is 2.42. The van der Waals surface area contributed by atoms with Gasteiger partial charge in [0.1, 0.15) is 11.5 Å². The van der Waals surface area contributed by atoms with Crippen LogP contribution in [-0.4, -0.2) is 25.1 Å². The SMILES string of the molecule is COc1ccccc1CC(C)N(C)Cc1occc1CN. The molecule has 1 aromatic carbocycles. The molecular formula is C17H24N2O2. The molecule has 0 aliphatic rings. The Balaban J connectivity index is 2.01. The highest BCUT2D eigenvalue weighted by Gasteiger charge is 2.15.